The van der Waals surface area contributed by atoms with Gasteiger partial charge in [0.15, 0.2) is 5.72 Å². The number of ether oxygens (including phenoxy) is 2. The molecule has 4 fully saturated rings. The molecule has 25 heavy (non-hydrogen) atoms. The summed E-state index contributed by atoms with van der Waals surface area (Å²) < 4.78 is 12.0. The molecule has 5 heteroatoms. The lowest BCUT2D eigenvalue weighted by Crippen LogP contribution is -2.74. The van der Waals surface area contributed by atoms with Crippen LogP contribution in [0.5, 0.6) is 0 Å². The minimum absolute atomic E-state index is 0.0710. The van der Waals surface area contributed by atoms with Crippen molar-refractivity contribution >= 4 is 11.7 Å². The van der Waals surface area contributed by atoms with Crippen LogP contribution < -0.4 is 5.32 Å². The van der Waals surface area contributed by atoms with Gasteiger partial charge in [-0.15, -0.1) is 6.58 Å². The number of benzene rings is 1. The van der Waals surface area contributed by atoms with E-state index in [0.29, 0.717) is 12.0 Å². The van der Waals surface area contributed by atoms with Gasteiger partial charge in [0.25, 0.3) is 0 Å². The number of esters is 1. The highest BCUT2D eigenvalue weighted by Gasteiger charge is 2.82. The summed E-state index contributed by atoms with van der Waals surface area (Å²) in [7, 11) is 1.51. The first-order valence-electron chi connectivity index (χ1n) is 9.18. The Balaban J connectivity index is 1.65. The van der Waals surface area contributed by atoms with Crippen molar-refractivity contribution in [3.63, 3.8) is 0 Å². The molecule has 5 nitrogen and oxygen atoms in total. The number of rotatable bonds is 2. The van der Waals surface area contributed by atoms with E-state index in [9.17, 15) is 4.79 Å². The number of nitrogens with zero attached hydrogens (tertiary/aromatic N) is 1. The lowest BCUT2D eigenvalue weighted by atomic mass is 9.49. The molecule has 1 N–H and O–H groups in total. The number of nitrogens with one attached hydrogen (secondary N) is 1. The number of piperidine rings is 2. The van der Waals surface area contributed by atoms with Crippen LogP contribution in [-0.2, 0) is 19.7 Å². The summed E-state index contributed by atoms with van der Waals surface area (Å²) >= 11 is 0. The molecular weight excluding hydrogens is 316 g/mol. The van der Waals surface area contributed by atoms with E-state index < -0.39 is 5.72 Å². The Bertz CT molecular complexity index is 810. The van der Waals surface area contributed by atoms with Crippen LogP contribution in [0.3, 0.4) is 0 Å². The molecule has 1 aliphatic carbocycles. The summed E-state index contributed by atoms with van der Waals surface area (Å²) in [6.07, 6.45) is 3.91. The Kier molecular flexibility index (Phi) is 2.45. The number of fused-ring (bicyclic) bond motifs is 4. The average Bonchev–Trinajstić information content (AvgIpc) is 3.22. The van der Waals surface area contributed by atoms with Crippen LogP contribution >= 0.6 is 0 Å². The van der Waals surface area contributed by atoms with Crippen molar-refractivity contribution in [3.8, 4) is 0 Å². The molecule has 0 amide bonds. The Hall–Kier alpha value is -1.85. The topological polar surface area (TPSA) is 50.8 Å². The van der Waals surface area contributed by atoms with Crippen molar-refractivity contribution in [3.05, 3.63) is 42.5 Å². The van der Waals surface area contributed by atoms with Crippen LogP contribution in [0.4, 0.5) is 5.69 Å². The van der Waals surface area contributed by atoms with Crippen LogP contribution in [0.2, 0.25) is 0 Å². The third-order valence-electron chi connectivity index (χ3n) is 7.63. The molecule has 0 radical (unpaired) electrons. The number of carbonyl (C=O) groups excluding carboxylic acids is 1. The van der Waals surface area contributed by atoms with Gasteiger partial charge >= 0.3 is 5.97 Å². The molecule has 1 aromatic carbocycles. The van der Waals surface area contributed by atoms with Crippen LogP contribution in [0.25, 0.3) is 0 Å². The molecule has 1 aromatic rings. The van der Waals surface area contributed by atoms with E-state index in [2.05, 4.69) is 35.0 Å². The number of hydrogen-bond donors (Lipinski definition) is 1. The predicted molar refractivity (Wildman–Crippen MR) is 91.8 cm³/mol. The Labute approximate surface area is 147 Å². The van der Waals surface area contributed by atoms with Gasteiger partial charge in [-0.3, -0.25) is 9.69 Å². The third kappa shape index (κ3) is 1.30. The number of anilines is 1. The van der Waals surface area contributed by atoms with E-state index in [1.807, 2.05) is 12.1 Å². The minimum atomic E-state index is -0.497. The van der Waals surface area contributed by atoms with Gasteiger partial charge in [-0.25, -0.2) is 0 Å². The first-order chi connectivity index (χ1) is 12.2. The van der Waals surface area contributed by atoms with E-state index in [1.165, 1.54) is 12.7 Å². The molecule has 6 rings (SSSR count). The fourth-order valence-electron chi connectivity index (χ4n) is 6.88. The second kappa shape index (κ2) is 4.27. The second-order valence-corrected chi connectivity index (χ2v) is 8.17. The molecule has 7 atom stereocenters. The van der Waals surface area contributed by atoms with Gasteiger partial charge in [0.05, 0.1) is 24.5 Å². The van der Waals surface area contributed by atoms with E-state index in [0.717, 1.165) is 25.1 Å². The standard InChI is InChI=1S/C20H22N2O3/c1-3-11-10-22-15-8-12(11)17(18(23)24-2)19-9-16(22)25-20(15,19)21-14-7-5-4-6-13(14)19/h3-7,11-12,15-17,21H,1,8-10H2,2H3/t11?,12-,15+,16?,17?,19?,20?/m1/s1. The van der Waals surface area contributed by atoms with Crippen molar-refractivity contribution in [2.45, 2.75) is 36.3 Å². The van der Waals surface area contributed by atoms with Gasteiger partial charge in [-0.2, -0.15) is 0 Å². The smallest absolute Gasteiger partial charge is 0.310 e. The van der Waals surface area contributed by atoms with Crippen LogP contribution in [0.1, 0.15) is 18.4 Å². The summed E-state index contributed by atoms with van der Waals surface area (Å²) in [6, 6.07) is 8.71. The SMILES string of the molecule is C=CC1CN2C3CC45c6ccccc6NC4(O3)[C@@H]2C[C@H]1C5C(=O)OC. The Morgan fingerprint density at radius 1 is 1.48 bits per heavy atom. The van der Waals surface area contributed by atoms with Crippen molar-refractivity contribution in [2.24, 2.45) is 17.8 Å². The van der Waals surface area contributed by atoms with Crippen molar-refractivity contribution in [1.82, 2.24) is 4.90 Å². The Morgan fingerprint density at radius 2 is 2.32 bits per heavy atom. The Morgan fingerprint density at radius 3 is 3.12 bits per heavy atom. The van der Waals surface area contributed by atoms with Crippen LogP contribution in [-0.4, -0.2) is 42.5 Å². The van der Waals surface area contributed by atoms with E-state index in [-0.39, 0.29) is 29.4 Å². The normalized spacial score (nSPS) is 48.0. The highest BCUT2D eigenvalue weighted by molar-refractivity contribution is 5.80. The van der Waals surface area contributed by atoms with E-state index in [4.69, 9.17) is 9.47 Å². The summed E-state index contributed by atoms with van der Waals surface area (Å²) in [6.45, 7) is 4.99. The fourth-order valence-corrected chi connectivity index (χ4v) is 6.88. The highest BCUT2D eigenvalue weighted by atomic mass is 16.6. The molecule has 130 valence electrons. The van der Waals surface area contributed by atoms with E-state index >= 15 is 0 Å². The molecule has 5 aliphatic rings. The molecule has 4 heterocycles. The monoisotopic (exact) mass is 338 g/mol. The van der Waals surface area contributed by atoms with Gasteiger partial charge in [0.1, 0.15) is 6.23 Å². The first-order valence-corrected chi connectivity index (χ1v) is 9.18. The van der Waals surface area contributed by atoms with Crippen molar-refractivity contribution in [2.75, 3.05) is 19.0 Å². The first kappa shape index (κ1) is 14.3. The maximum absolute atomic E-state index is 13.1. The van der Waals surface area contributed by atoms with Crippen molar-refractivity contribution < 1.29 is 14.3 Å². The zero-order valence-corrected chi connectivity index (χ0v) is 14.3. The maximum Gasteiger partial charge on any atom is 0.310 e. The number of methoxy groups -OCH3 is 1. The molecule has 1 spiro atoms. The molecule has 3 saturated heterocycles. The number of carbonyl (C=O) groups is 1. The molecule has 0 aromatic heterocycles. The zero-order valence-electron chi connectivity index (χ0n) is 14.3. The highest BCUT2D eigenvalue weighted by Crippen LogP contribution is 2.72. The minimum Gasteiger partial charge on any atom is -0.469 e. The molecule has 4 bridgehead atoms. The van der Waals surface area contributed by atoms with Gasteiger partial charge in [0, 0.05) is 18.7 Å². The second-order valence-electron chi connectivity index (χ2n) is 8.17. The van der Waals surface area contributed by atoms with Gasteiger partial charge in [-0.05, 0) is 29.9 Å². The molecule has 1 saturated carbocycles. The van der Waals surface area contributed by atoms with Gasteiger partial charge in [-0.1, -0.05) is 24.3 Å². The van der Waals surface area contributed by atoms with Gasteiger partial charge in [0.2, 0.25) is 0 Å². The summed E-state index contributed by atoms with van der Waals surface area (Å²) in [5.41, 5.74) is 1.50. The van der Waals surface area contributed by atoms with Crippen molar-refractivity contribution in [1.29, 1.82) is 0 Å². The number of para-hydroxylation sites is 1. The maximum atomic E-state index is 13.1. The van der Waals surface area contributed by atoms with Gasteiger partial charge < -0.3 is 14.8 Å². The lowest BCUT2D eigenvalue weighted by molar-refractivity contribution is -0.167. The predicted octanol–water partition coefficient (Wildman–Crippen LogP) is 2.10. The molecule has 4 aliphatic heterocycles. The average molecular weight is 338 g/mol. The van der Waals surface area contributed by atoms with Crippen LogP contribution in [0, 0.1) is 17.8 Å². The largest absolute Gasteiger partial charge is 0.469 e. The fraction of sp³-hybridized carbons (Fsp3) is 0.550. The molecular formula is C20H22N2O3. The lowest BCUT2D eigenvalue weighted by Gasteiger charge is -2.61. The zero-order chi connectivity index (χ0) is 17.0. The number of hydrogen-bond acceptors (Lipinski definition) is 5. The van der Waals surface area contributed by atoms with E-state index in [1.54, 1.807) is 0 Å². The van der Waals surface area contributed by atoms with Crippen LogP contribution in [0.15, 0.2) is 36.9 Å². The summed E-state index contributed by atoms with van der Waals surface area (Å²) in [4.78, 5) is 15.6. The summed E-state index contributed by atoms with van der Waals surface area (Å²) in [5, 5.41) is 3.72. The summed E-state index contributed by atoms with van der Waals surface area (Å²) in [5.74, 6) is 0.264. The third-order valence-corrected chi connectivity index (χ3v) is 7.63. The quantitative estimate of drug-likeness (QED) is 0.661. The molecule has 5 unspecified atom stereocenters.